The van der Waals surface area contributed by atoms with Crippen LogP contribution in [0, 0.1) is 0 Å². The molecule has 1 aromatic carbocycles. The van der Waals surface area contributed by atoms with E-state index in [1.807, 2.05) is 49.7 Å². The van der Waals surface area contributed by atoms with Gasteiger partial charge in [0.25, 0.3) is 0 Å². The van der Waals surface area contributed by atoms with Gasteiger partial charge in [0.2, 0.25) is 0 Å². The molecule has 8 nitrogen and oxygen atoms in total. The number of benzene rings is 1. The van der Waals surface area contributed by atoms with Crippen molar-refractivity contribution < 1.29 is 9.50 Å². The van der Waals surface area contributed by atoms with E-state index in [-0.39, 0.29) is 12.1 Å². The number of fused-ring (bicyclic) bond motifs is 2. The van der Waals surface area contributed by atoms with Crippen molar-refractivity contribution >= 4 is 27.8 Å². The Morgan fingerprint density at radius 1 is 1.28 bits per heavy atom. The molecular formula is C20H24FN7O. The molecule has 0 amide bonds. The fourth-order valence-corrected chi connectivity index (χ4v) is 3.39. The summed E-state index contributed by atoms with van der Waals surface area (Å²) in [5, 5.41) is 19.3. The molecule has 0 aliphatic carbocycles. The molecule has 0 saturated carbocycles. The van der Waals surface area contributed by atoms with Crippen molar-refractivity contribution in [1.82, 2.24) is 30.0 Å². The lowest BCUT2D eigenvalue weighted by Gasteiger charge is -2.19. The van der Waals surface area contributed by atoms with Gasteiger partial charge in [-0.1, -0.05) is 12.1 Å². The van der Waals surface area contributed by atoms with E-state index in [0.29, 0.717) is 28.2 Å². The minimum atomic E-state index is -0.966. The number of nitrogens with zero attached hydrogens (tertiary/aromatic N) is 4. The number of aliphatic hydroxyl groups excluding tert-OH is 1. The molecule has 29 heavy (non-hydrogen) atoms. The van der Waals surface area contributed by atoms with Crippen LogP contribution < -0.4 is 11.1 Å². The molecule has 0 aliphatic heterocycles. The van der Waals surface area contributed by atoms with E-state index in [1.54, 1.807) is 0 Å². The largest absolute Gasteiger partial charge is 0.383 e. The Hall–Kier alpha value is -3.04. The molecule has 152 valence electrons. The second-order valence-electron chi connectivity index (χ2n) is 7.96. The molecular weight excluding hydrogens is 373 g/mol. The van der Waals surface area contributed by atoms with Crippen LogP contribution in [0.15, 0.2) is 30.6 Å². The van der Waals surface area contributed by atoms with Crippen molar-refractivity contribution in [2.24, 2.45) is 0 Å². The molecule has 9 heteroatoms. The van der Waals surface area contributed by atoms with Gasteiger partial charge >= 0.3 is 0 Å². The highest BCUT2D eigenvalue weighted by molar-refractivity contribution is 6.00. The molecule has 3 heterocycles. The summed E-state index contributed by atoms with van der Waals surface area (Å²) in [6.45, 7) is 5.68. The molecule has 0 radical (unpaired) electrons. The van der Waals surface area contributed by atoms with Crippen molar-refractivity contribution in [2.45, 2.75) is 32.5 Å². The highest BCUT2D eigenvalue weighted by atomic mass is 19.1. The monoisotopic (exact) mass is 397 g/mol. The van der Waals surface area contributed by atoms with Crippen molar-refractivity contribution in [2.75, 3.05) is 19.0 Å². The van der Waals surface area contributed by atoms with Crippen LogP contribution in [0.4, 0.5) is 10.2 Å². The standard InChI is InChI=1S/C20H24FN7O/c1-20(2,3)28-18-15(17(22)24-10-25-18)16(27-28)12-5-4-11-8-14(26-13(11)9-12)19(29)23-7-6-21/h4-5,8-10,19,23,26,29H,6-7H2,1-3H3,(H2,22,24,25). The minimum Gasteiger partial charge on any atom is -0.383 e. The average Bonchev–Trinajstić information content (AvgIpc) is 3.27. The number of alkyl halides is 1. The first kappa shape index (κ1) is 19.3. The zero-order valence-electron chi connectivity index (χ0n) is 16.6. The van der Waals surface area contributed by atoms with Gasteiger partial charge in [0.15, 0.2) is 5.65 Å². The fraction of sp³-hybridized carbons (Fsp3) is 0.350. The number of nitrogens with two attached hydrogens (primary N) is 1. The third-order valence-electron chi connectivity index (χ3n) is 4.77. The number of aromatic nitrogens is 5. The number of rotatable bonds is 5. The highest BCUT2D eigenvalue weighted by Crippen LogP contribution is 2.34. The Labute approximate surface area is 167 Å². The number of aromatic amines is 1. The van der Waals surface area contributed by atoms with Crippen molar-refractivity contribution in [1.29, 1.82) is 0 Å². The van der Waals surface area contributed by atoms with Crippen LogP contribution in [0.5, 0.6) is 0 Å². The summed E-state index contributed by atoms with van der Waals surface area (Å²) >= 11 is 0. The van der Waals surface area contributed by atoms with E-state index in [9.17, 15) is 9.50 Å². The van der Waals surface area contributed by atoms with E-state index in [4.69, 9.17) is 10.8 Å². The van der Waals surface area contributed by atoms with E-state index in [0.717, 1.165) is 16.5 Å². The van der Waals surface area contributed by atoms with Gasteiger partial charge in [0, 0.05) is 17.6 Å². The maximum atomic E-state index is 12.3. The second-order valence-corrected chi connectivity index (χ2v) is 7.96. The summed E-state index contributed by atoms with van der Waals surface area (Å²) in [4.78, 5) is 11.7. The third-order valence-corrected chi connectivity index (χ3v) is 4.77. The van der Waals surface area contributed by atoms with Crippen molar-refractivity contribution in [3.8, 4) is 11.3 Å². The van der Waals surface area contributed by atoms with E-state index < -0.39 is 12.9 Å². The Balaban J connectivity index is 1.84. The first-order chi connectivity index (χ1) is 13.8. The SMILES string of the molecule is CC(C)(C)n1nc(-c2ccc3cc(C(O)NCCF)[nH]c3c2)c2c(N)ncnc21. The zero-order valence-corrected chi connectivity index (χ0v) is 16.6. The Kier molecular flexibility index (Phi) is 4.71. The summed E-state index contributed by atoms with van der Waals surface area (Å²) in [6.07, 6.45) is 0.476. The minimum absolute atomic E-state index is 0.0806. The van der Waals surface area contributed by atoms with E-state index in [2.05, 4.69) is 20.3 Å². The smallest absolute Gasteiger partial charge is 0.164 e. The number of H-pyrrole nitrogens is 1. The molecule has 4 rings (SSSR count). The average molecular weight is 397 g/mol. The number of nitrogen functional groups attached to an aromatic ring is 1. The van der Waals surface area contributed by atoms with Gasteiger partial charge in [-0.05, 0) is 38.3 Å². The number of nitrogens with one attached hydrogen (secondary N) is 2. The maximum Gasteiger partial charge on any atom is 0.164 e. The lowest BCUT2D eigenvalue weighted by molar-refractivity contribution is 0.133. The number of halogens is 1. The molecule has 5 N–H and O–H groups in total. The van der Waals surface area contributed by atoms with E-state index >= 15 is 0 Å². The van der Waals surface area contributed by atoms with Crippen LogP contribution in [0.25, 0.3) is 33.2 Å². The summed E-state index contributed by atoms with van der Waals surface area (Å²) in [6, 6.07) is 7.66. The van der Waals surface area contributed by atoms with Crippen LogP contribution in [0.2, 0.25) is 0 Å². The normalized spacial score (nSPS) is 13.4. The van der Waals surface area contributed by atoms with Crippen LogP contribution in [-0.2, 0) is 5.54 Å². The molecule has 4 aromatic rings. The molecule has 0 spiro atoms. The third kappa shape index (κ3) is 3.43. The van der Waals surface area contributed by atoms with Crippen molar-refractivity contribution in [3.05, 3.63) is 36.3 Å². The van der Waals surface area contributed by atoms with Gasteiger partial charge in [-0.25, -0.2) is 19.0 Å². The van der Waals surface area contributed by atoms with Crippen molar-refractivity contribution in [3.63, 3.8) is 0 Å². The van der Waals surface area contributed by atoms with Crippen LogP contribution in [-0.4, -0.2) is 43.1 Å². The first-order valence-electron chi connectivity index (χ1n) is 9.39. The molecule has 0 aliphatic rings. The Morgan fingerprint density at radius 3 is 2.79 bits per heavy atom. The Bertz CT molecular complexity index is 1170. The summed E-state index contributed by atoms with van der Waals surface area (Å²) in [5.41, 5.74) is 9.51. The summed E-state index contributed by atoms with van der Waals surface area (Å²) in [5.74, 6) is 0.374. The number of hydrogen-bond acceptors (Lipinski definition) is 6. The van der Waals surface area contributed by atoms with Gasteiger partial charge in [0.05, 0.1) is 16.6 Å². The predicted octanol–water partition coefficient (Wildman–Crippen LogP) is 2.86. The lowest BCUT2D eigenvalue weighted by Crippen LogP contribution is -2.23. The van der Waals surface area contributed by atoms with Gasteiger partial charge in [-0.2, -0.15) is 5.10 Å². The van der Waals surface area contributed by atoms with Crippen LogP contribution in [0.1, 0.15) is 32.7 Å². The van der Waals surface area contributed by atoms with Gasteiger partial charge < -0.3 is 15.8 Å². The van der Waals surface area contributed by atoms with Crippen LogP contribution >= 0.6 is 0 Å². The first-order valence-corrected chi connectivity index (χ1v) is 9.39. The lowest BCUT2D eigenvalue weighted by atomic mass is 10.1. The van der Waals surface area contributed by atoms with Gasteiger partial charge in [-0.15, -0.1) is 0 Å². The van der Waals surface area contributed by atoms with Gasteiger partial charge in [0.1, 0.15) is 30.7 Å². The maximum absolute atomic E-state index is 12.3. The number of aliphatic hydroxyl groups is 1. The molecule has 1 atom stereocenters. The zero-order chi connectivity index (χ0) is 20.8. The van der Waals surface area contributed by atoms with Crippen LogP contribution in [0.3, 0.4) is 0 Å². The molecule has 1 unspecified atom stereocenters. The molecule has 0 fully saturated rings. The number of anilines is 1. The van der Waals surface area contributed by atoms with Gasteiger partial charge in [-0.3, -0.25) is 5.32 Å². The topological polar surface area (TPSA) is 118 Å². The Morgan fingerprint density at radius 2 is 2.07 bits per heavy atom. The predicted molar refractivity (Wildman–Crippen MR) is 111 cm³/mol. The molecule has 0 bridgehead atoms. The van der Waals surface area contributed by atoms with E-state index in [1.165, 1.54) is 6.33 Å². The highest BCUT2D eigenvalue weighted by Gasteiger charge is 2.24. The molecule has 0 saturated heterocycles. The fourth-order valence-electron chi connectivity index (χ4n) is 3.39. The summed E-state index contributed by atoms with van der Waals surface area (Å²) < 4.78 is 14.2. The second kappa shape index (κ2) is 7.09. The number of hydrogen-bond donors (Lipinski definition) is 4. The quantitative estimate of drug-likeness (QED) is 0.385. The molecule has 3 aromatic heterocycles. The summed E-state index contributed by atoms with van der Waals surface area (Å²) in [7, 11) is 0.